The molecule has 1 aromatic rings. The van der Waals surface area contributed by atoms with Crippen molar-refractivity contribution in [3.8, 4) is 0 Å². The third kappa shape index (κ3) is 2.37. The molecule has 3 rings (SSSR count). The third-order valence-electron chi connectivity index (χ3n) is 4.42. The molecule has 4 heteroatoms. The van der Waals surface area contributed by atoms with Crippen LogP contribution in [0.2, 0.25) is 0 Å². The lowest BCUT2D eigenvalue weighted by Gasteiger charge is -2.33. The van der Waals surface area contributed by atoms with Crippen LogP contribution in [-0.4, -0.2) is 19.0 Å². The summed E-state index contributed by atoms with van der Waals surface area (Å²) in [6.07, 6.45) is 1.80. The SMILES string of the molecule is CC(C(=O)NC1(c2cccc(F)c2)CC1)C1CNC1. The molecule has 0 bridgehead atoms. The molecule has 0 spiro atoms. The van der Waals surface area contributed by atoms with E-state index < -0.39 is 0 Å². The highest BCUT2D eigenvalue weighted by molar-refractivity contribution is 5.80. The number of halogens is 1. The zero-order valence-corrected chi connectivity index (χ0v) is 11.1. The number of hydrogen-bond donors (Lipinski definition) is 2. The maximum Gasteiger partial charge on any atom is 0.223 e. The van der Waals surface area contributed by atoms with Gasteiger partial charge in [0, 0.05) is 5.92 Å². The summed E-state index contributed by atoms with van der Waals surface area (Å²) in [6, 6.07) is 6.56. The first-order chi connectivity index (χ1) is 9.11. The fourth-order valence-corrected chi connectivity index (χ4v) is 2.63. The lowest BCUT2D eigenvalue weighted by Crippen LogP contribution is -2.51. The summed E-state index contributed by atoms with van der Waals surface area (Å²) >= 11 is 0. The van der Waals surface area contributed by atoms with E-state index in [0.29, 0.717) is 5.92 Å². The van der Waals surface area contributed by atoms with E-state index in [-0.39, 0.29) is 23.2 Å². The first kappa shape index (κ1) is 12.6. The maximum atomic E-state index is 13.3. The maximum absolute atomic E-state index is 13.3. The Bertz CT molecular complexity index is 495. The molecule has 1 saturated carbocycles. The van der Waals surface area contributed by atoms with Crippen molar-refractivity contribution in [2.45, 2.75) is 25.3 Å². The van der Waals surface area contributed by atoms with Gasteiger partial charge in [0.15, 0.2) is 0 Å². The fourth-order valence-electron chi connectivity index (χ4n) is 2.63. The summed E-state index contributed by atoms with van der Waals surface area (Å²) in [4.78, 5) is 12.3. The zero-order chi connectivity index (χ0) is 13.5. The van der Waals surface area contributed by atoms with E-state index in [0.717, 1.165) is 31.5 Å². The monoisotopic (exact) mass is 262 g/mol. The Kier molecular flexibility index (Phi) is 3.05. The third-order valence-corrected chi connectivity index (χ3v) is 4.42. The lowest BCUT2D eigenvalue weighted by molar-refractivity contribution is -0.127. The molecular weight excluding hydrogens is 243 g/mol. The van der Waals surface area contributed by atoms with Crippen molar-refractivity contribution in [1.82, 2.24) is 10.6 Å². The van der Waals surface area contributed by atoms with Gasteiger partial charge >= 0.3 is 0 Å². The van der Waals surface area contributed by atoms with Crippen LogP contribution in [0.3, 0.4) is 0 Å². The van der Waals surface area contributed by atoms with Crippen LogP contribution in [0.5, 0.6) is 0 Å². The van der Waals surface area contributed by atoms with Crippen molar-refractivity contribution >= 4 is 5.91 Å². The summed E-state index contributed by atoms with van der Waals surface area (Å²) in [5.74, 6) is 0.304. The van der Waals surface area contributed by atoms with Gasteiger partial charge in [0.1, 0.15) is 5.82 Å². The molecule has 2 fully saturated rings. The van der Waals surface area contributed by atoms with Crippen molar-refractivity contribution in [2.24, 2.45) is 11.8 Å². The number of rotatable bonds is 4. The van der Waals surface area contributed by atoms with Crippen LogP contribution in [0.1, 0.15) is 25.3 Å². The Hall–Kier alpha value is -1.42. The van der Waals surface area contributed by atoms with E-state index in [4.69, 9.17) is 0 Å². The highest BCUT2D eigenvalue weighted by atomic mass is 19.1. The molecular formula is C15H19FN2O. The van der Waals surface area contributed by atoms with Gasteiger partial charge in [0.25, 0.3) is 0 Å². The van der Waals surface area contributed by atoms with Gasteiger partial charge in [-0.15, -0.1) is 0 Å². The number of carbonyl (C=O) groups excluding carboxylic acids is 1. The van der Waals surface area contributed by atoms with Crippen LogP contribution in [-0.2, 0) is 10.3 Å². The number of amides is 1. The second kappa shape index (κ2) is 4.60. The predicted octanol–water partition coefficient (Wildman–Crippen LogP) is 1.79. The van der Waals surface area contributed by atoms with E-state index in [1.807, 2.05) is 13.0 Å². The molecule has 0 aromatic heterocycles. The average Bonchev–Trinajstić information content (AvgIpc) is 3.07. The average molecular weight is 262 g/mol. The molecule has 1 heterocycles. The smallest absolute Gasteiger partial charge is 0.223 e. The minimum atomic E-state index is -0.315. The van der Waals surface area contributed by atoms with Crippen LogP contribution in [0.15, 0.2) is 24.3 Å². The van der Waals surface area contributed by atoms with Gasteiger partial charge in [-0.25, -0.2) is 4.39 Å². The molecule has 19 heavy (non-hydrogen) atoms. The van der Waals surface area contributed by atoms with E-state index in [9.17, 15) is 9.18 Å². The lowest BCUT2D eigenvalue weighted by atomic mass is 9.88. The Balaban J connectivity index is 1.70. The highest BCUT2D eigenvalue weighted by Gasteiger charge is 2.47. The molecule has 3 nitrogen and oxygen atoms in total. The second-order valence-electron chi connectivity index (χ2n) is 5.79. The second-order valence-corrected chi connectivity index (χ2v) is 5.79. The van der Waals surface area contributed by atoms with E-state index in [1.54, 1.807) is 6.07 Å². The minimum absolute atomic E-state index is 0.0206. The molecule has 2 aliphatic rings. The number of nitrogens with one attached hydrogen (secondary N) is 2. The Morgan fingerprint density at radius 2 is 2.21 bits per heavy atom. The number of hydrogen-bond acceptors (Lipinski definition) is 2. The molecule has 0 radical (unpaired) electrons. The van der Waals surface area contributed by atoms with Crippen molar-refractivity contribution in [3.63, 3.8) is 0 Å². The molecule has 102 valence electrons. The topological polar surface area (TPSA) is 41.1 Å². The molecule has 1 aliphatic heterocycles. The van der Waals surface area contributed by atoms with E-state index in [1.165, 1.54) is 12.1 Å². The molecule has 1 amide bonds. The Morgan fingerprint density at radius 3 is 2.74 bits per heavy atom. The molecule has 1 saturated heterocycles. The van der Waals surface area contributed by atoms with Crippen LogP contribution in [0.4, 0.5) is 4.39 Å². The molecule has 1 unspecified atom stereocenters. The van der Waals surface area contributed by atoms with Gasteiger partial charge in [0.05, 0.1) is 5.54 Å². The summed E-state index contributed by atoms with van der Waals surface area (Å²) in [5, 5.41) is 6.31. The summed E-state index contributed by atoms with van der Waals surface area (Å²) < 4.78 is 13.3. The van der Waals surface area contributed by atoms with Crippen LogP contribution in [0.25, 0.3) is 0 Å². The molecule has 2 N–H and O–H groups in total. The highest BCUT2D eigenvalue weighted by Crippen LogP contribution is 2.45. The van der Waals surface area contributed by atoms with Crippen molar-refractivity contribution < 1.29 is 9.18 Å². The number of carbonyl (C=O) groups is 1. The number of benzene rings is 1. The largest absolute Gasteiger partial charge is 0.346 e. The first-order valence-corrected chi connectivity index (χ1v) is 6.89. The normalized spacial score (nSPS) is 22.4. The van der Waals surface area contributed by atoms with Gasteiger partial charge in [-0.05, 0) is 49.5 Å². The zero-order valence-electron chi connectivity index (χ0n) is 11.1. The van der Waals surface area contributed by atoms with Gasteiger partial charge < -0.3 is 10.6 Å². The summed E-state index contributed by atoms with van der Waals surface area (Å²) in [6.45, 7) is 3.81. The van der Waals surface area contributed by atoms with Crippen LogP contribution >= 0.6 is 0 Å². The van der Waals surface area contributed by atoms with Crippen molar-refractivity contribution in [2.75, 3.05) is 13.1 Å². The van der Waals surface area contributed by atoms with E-state index in [2.05, 4.69) is 10.6 Å². The van der Waals surface area contributed by atoms with Crippen molar-refractivity contribution in [1.29, 1.82) is 0 Å². The summed E-state index contributed by atoms with van der Waals surface area (Å²) in [7, 11) is 0. The Morgan fingerprint density at radius 1 is 1.47 bits per heavy atom. The van der Waals surface area contributed by atoms with Gasteiger partial charge in [-0.1, -0.05) is 19.1 Å². The van der Waals surface area contributed by atoms with Crippen LogP contribution in [0, 0.1) is 17.7 Å². The predicted molar refractivity (Wildman–Crippen MR) is 71.0 cm³/mol. The van der Waals surface area contributed by atoms with Gasteiger partial charge in [-0.2, -0.15) is 0 Å². The molecule has 1 aromatic carbocycles. The first-order valence-electron chi connectivity index (χ1n) is 6.89. The van der Waals surface area contributed by atoms with Gasteiger partial charge in [-0.3, -0.25) is 4.79 Å². The Labute approximate surface area is 112 Å². The molecule has 1 aliphatic carbocycles. The quantitative estimate of drug-likeness (QED) is 0.868. The van der Waals surface area contributed by atoms with Gasteiger partial charge in [0.2, 0.25) is 5.91 Å². The van der Waals surface area contributed by atoms with Crippen molar-refractivity contribution in [3.05, 3.63) is 35.6 Å². The standard InChI is InChI=1S/C15H19FN2O/c1-10(11-8-17-9-11)14(19)18-15(5-6-15)12-3-2-4-13(16)7-12/h2-4,7,10-11,17H,5-6,8-9H2,1H3,(H,18,19). The molecule has 1 atom stereocenters. The van der Waals surface area contributed by atoms with Crippen LogP contribution < -0.4 is 10.6 Å². The summed E-state index contributed by atoms with van der Waals surface area (Å²) in [5.41, 5.74) is 0.574. The minimum Gasteiger partial charge on any atom is -0.346 e. The van der Waals surface area contributed by atoms with E-state index >= 15 is 0 Å². The fraction of sp³-hybridized carbons (Fsp3) is 0.533.